The summed E-state index contributed by atoms with van der Waals surface area (Å²) in [7, 11) is 0. The second-order valence-electron chi connectivity index (χ2n) is 16.7. The lowest BCUT2D eigenvalue weighted by molar-refractivity contribution is 0.670. The van der Waals surface area contributed by atoms with Crippen molar-refractivity contribution >= 4 is 65.0 Å². The van der Waals surface area contributed by atoms with Gasteiger partial charge in [-0.2, -0.15) is 0 Å². The highest BCUT2D eigenvalue weighted by atomic mass is 16.3. The van der Waals surface area contributed by atoms with Crippen LogP contribution in [0.3, 0.4) is 0 Å². The Hall–Kier alpha value is -8.73. The van der Waals surface area contributed by atoms with E-state index in [0.717, 1.165) is 66.3 Å². The van der Waals surface area contributed by atoms with E-state index >= 15 is 0 Å². The smallest absolute Gasteiger partial charge is 0.164 e. The first-order chi connectivity index (χ1) is 32.2. The quantitative estimate of drug-likeness (QED) is 0.157. The first kappa shape index (κ1) is 36.9. The fourth-order valence-corrected chi connectivity index (χ4v) is 9.72. The third-order valence-electron chi connectivity index (χ3n) is 12.9. The van der Waals surface area contributed by atoms with Crippen LogP contribution in [0.25, 0.3) is 133 Å². The van der Waals surface area contributed by atoms with Gasteiger partial charge in [-0.15, -0.1) is 0 Å². The van der Waals surface area contributed by atoms with E-state index < -0.39 is 0 Å². The van der Waals surface area contributed by atoms with E-state index in [1.165, 1.54) is 48.8 Å². The summed E-state index contributed by atoms with van der Waals surface area (Å²) in [6, 6.07) is 79.3. The number of nitrogens with zero attached hydrogens (tertiary/aromatic N) is 3. The summed E-state index contributed by atoms with van der Waals surface area (Å²) in [5.41, 5.74) is 11.1. The lowest BCUT2D eigenvalue weighted by Crippen LogP contribution is -2.00. The lowest BCUT2D eigenvalue weighted by Gasteiger charge is -2.13. The van der Waals surface area contributed by atoms with Gasteiger partial charge >= 0.3 is 0 Å². The molecule has 0 aliphatic carbocycles. The standard InChI is InChI=1S/C61H37N3O/c1-2-12-38(13-3-1)40-26-31-43(32-27-40)59-62-60(46-34-35-52-50-18-7-6-16-48(50)49-17-8-9-19-51(49)55(52)37-46)64-61(63-59)54-22-11-23-56-57(54)53-21-10-20-47(58(53)65-56)42-29-24-41(25-30-42)45-33-28-39-14-4-5-15-44(39)36-45/h1-37H. The van der Waals surface area contributed by atoms with Crippen molar-refractivity contribution in [2.75, 3.05) is 0 Å². The molecule has 4 heteroatoms. The molecule has 0 amide bonds. The van der Waals surface area contributed by atoms with Crippen molar-refractivity contribution in [3.8, 4) is 67.5 Å². The first-order valence-corrected chi connectivity index (χ1v) is 22.0. The molecule has 0 bridgehead atoms. The molecular weight excluding hydrogens is 791 g/mol. The molecule has 4 nitrogen and oxygen atoms in total. The summed E-state index contributed by atoms with van der Waals surface area (Å²) in [4.78, 5) is 15.8. The molecule has 302 valence electrons. The van der Waals surface area contributed by atoms with Gasteiger partial charge in [0.25, 0.3) is 0 Å². The Morgan fingerprint density at radius 1 is 0.262 bits per heavy atom. The number of benzene rings is 11. The third kappa shape index (κ3) is 6.26. The van der Waals surface area contributed by atoms with Crippen LogP contribution in [0.1, 0.15) is 0 Å². The lowest BCUT2D eigenvalue weighted by atomic mass is 9.93. The van der Waals surface area contributed by atoms with Crippen LogP contribution in [0.4, 0.5) is 0 Å². The second-order valence-corrected chi connectivity index (χ2v) is 16.7. The van der Waals surface area contributed by atoms with Gasteiger partial charge in [-0.1, -0.05) is 206 Å². The molecule has 0 saturated carbocycles. The topological polar surface area (TPSA) is 51.8 Å². The Morgan fingerprint density at radius 2 is 0.754 bits per heavy atom. The summed E-state index contributed by atoms with van der Waals surface area (Å²) in [6.45, 7) is 0. The molecule has 11 aromatic carbocycles. The fraction of sp³-hybridized carbons (Fsp3) is 0. The van der Waals surface area contributed by atoms with Crippen molar-refractivity contribution in [1.29, 1.82) is 0 Å². The van der Waals surface area contributed by atoms with Crippen molar-refractivity contribution in [2.45, 2.75) is 0 Å². The van der Waals surface area contributed by atoms with Crippen LogP contribution in [-0.2, 0) is 0 Å². The number of hydrogen-bond acceptors (Lipinski definition) is 4. The Morgan fingerprint density at radius 3 is 1.49 bits per heavy atom. The van der Waals surface area contributed by atoms with E-state index in [9.17, 15) is 0 Å². The van der Waals surface area contributed by atoms with E-state index in [1.54, 1.807) is 0 Å². The second kappa shape index (κ2) is 15.0. The number of rotatable bonds is 6. The molecule has 0 fully saturated rings. The minimum Gasteiger partial charge on any atom is -0.455 e. The summed E-state index contributed by atoms with van der Waals surface area (Å²) in [5.74, 6) is 1.79. The molecule has 0 N–H and O–H groups in total. The van der Waals surface area contributed by atoms with Gasteiger partial charge in [0.15, 0.2) is 17.5 Å². The molecule has 0 aliphatic rings. The van der Waals surface area contributed by atoms with Gasteiger partial charge in [0, 0.05) is 33.0 Å². The molecule has 13 aromatic rings. The Labute approximate surface area is 374 Å². The van der Waals surface area contributed by atoms with Crippen LogP contribution in [-0.4, -0.2) is 15.0 Å². The highest BCUT2D eigenvalue weighted by molar-refractivity contribution is 6.25. The number of furan rings is 1. The molecule has 2 heterocycles. The monoisotopic (exact) mass is 827 g/mol. The molecule has 0 aliphatic heterocycles. The molecular formula is C61H37N3O. The van der Waals surface area contributed by atoms with Gasteiger partial charge in [0.2, 0.25) is 0 Å². The minimum absolute atomic E-state index is 0.582. The van der Waals surface area contributed by atoms with Crippen LogP contribution < -0.4 is 0 Å². The first-order valence-electron chi connectivity index (χ1n) is 22.0. The maximum absolute atomic E-state index is 6.80. The predicted octanol–water partition coefficient (Wildman–Crippen LogP) is 16.4. The largest absolute Gasteiger partial charge is 0.455 e. The maximum atomic E-state index is 6.80. The molecule has 0 saturated heterocycles. The Balaban J connectivity index is 0.968. The van der Waals surface area contributed by atoms with Crippen LogP contribution in [0.5, 0.6) is 0 Å². The van der Waals surface area contributed by atoms with Gasteiger partial charge in [-0.05, 0) is 89.1 Å². The third-order valence-corrected chi connectivity index (χ3v) is 12.9. The maximum Gasteiger partial charge on any atom is 0.164 e. The molecule has 13 rings (SSSR count). The van der Waals surface area contributed by atoms with Gasteiger partial charge in [0.05, 0.1) is 0 Å². The fourth-order valence-electron chi connectivity index (χ4n) is 9.72. The van der Waals surface area contributed by atoms with E-state index in [0.29, 0.717) is 17.5 Å². The summed E-state index contributed by atoms with van der Waals surface area (Å²) >= 11 is 0. The van der Waals surface area contributed by atoms with Crippen LogP contribution in [0, 0.1) is 0 Å². The van der Waals surface area contributed by atoms with Crippen molar-refractivity contribution < 1.29 is 4.42 Å². The van der Waals surface area contributed by atoms with Crippen molar-refractivity contribution in [2.24, 2.45) is 0 Å². The summed E-state index contributed by atoms with van der Waals surface area (Å²) in [6.07, 6.45) is 0. The average Bonchev–Trinajstić information content (AvgIpc) is 3.78. The average molecular weight is 828 g/mol. The molecule has 0 radical (unpaired) electrons. The summed E-state index contributed by atoms with van der Waals surface area (Å²) in [5, 5.41) is 11.7. The Bertz CT molecular complexity index is 3950. The predicted molar refractivity (Wildman–Crippen MR) is 270 cm³/mol. The van der Waals surface area contributed by atoms with Crippen molar-refractivity contribution in [3.05, 3.63) is 224 Å². The number of hydrogen-bond donors (Lipinski definition) is 0. The summed E-state index contributed by atoms with van der Waals surface area (Å²) < 4.78 is 6.80. The van der Waals surface area contributed by atoms with Crippen LogP contribution >= 0.6 is 0 Å². The number of para-hydroxylation sites is 1. The minimum atomic E-state index is 0.582. The van der Waals surface area contributed by atoms with Crippen molar-refractivity contribution in [1.82, 2.24) is 15.0 Å². The SMILES string of the molecule is c1ccc(-c2ccc(-c3nc(-c4ccc5c6ccccc6c6ccccc6c5c4)nc(-c4cccc5oc6c(-c7ccc(-c8ccc9ccccc9c8)cc7)cccc6c45)n3)cc2)cc1. The molecule has 65 heavy (non-hydrogen) atoms. The zero-order valence-corrected chi connectivity index (χ0v) is 35.1. The van der Waals surface area contributed by atoms with Crippen molar-refractivity contribution in [3.63, 3.8) is 0 Å². The zero-order chi connectivity index (χ0) is 42.8. The molecule has 2 aromatic heterocycles. The molecule has 0 atom stereocenters. The highest BCUT2D eigenvalue weighted by Crippen LogP contribution is 2.42. The van der Waals surface area contributed by atoms with E-state index in [-0.39, 0.29) is 0 Å². The highest BCUT2D eigenvalue weighted by Gasteiger charge is 2.20. The van der Waals surface area contributed by atoms with Gasteiger partial charge in [0.1, 0.15) is 11.2 Å². The molecule has 0 spiro atoms. The number of fused-ring (bicyclic) bond motifs is 10. The Kier molecular flexibility index (Phi) is 8.50. The number of aromatic nitrogens is 3. The van der Waals surface area contributed by atoms with E-state index in [2.05, 4.69) is 206 Å². The molecule has 0 unspecified atom stereocenters. The van der Waals surface area contributed by atoms with Gasteiger partial charge in [-0.3, -0.25) is 0 Å². The zero-order valence-electron chi connectivity index (χ0n) is 35.1. The van der Waals surface area contributed by atoms with Crippen LogP contribution in [0.15, 0.2) is 229 Å². The van der Waals surface area contributed by atoms with Gasteiger partial charge in [-0.25, -0.2) is 15.0 Å². The van der Waals surface area contributed by atoms with Crippen LogP contribution in [0.2, 0.25) is 0 Å². The van der Waals surface area contributed by atoms with Gasteiger partial charge < -0.3 is 4.42 Å². The normalized spacial score (nSPS) is 11.7. The van der Waals surface area contributed by atoms with E-state index in [1.807, 2.05) is 18.2 Å². The van der Waals surface area contributed by atoms with E-state index in [4.69, 9.17) is 19.4 Å².